The van der Waals surface area contributed by atoms with Gasteiger partial charge >= 0.3 is 0 Å². The Morgan fingerprint density at radius 1 is 1.11 bits per heavy atom. The lowest BCUT2D eigenvalue weighted by Crippen LogP contribution is -1.97. The number of hydrogen-bond donors (Lipinski definition) is 1. The van der Waals surface area contributed by atoms with Gasteiger partial charge in [0.05, 0.1) is 0 Å². The zero-order valence-corrected chi connectivity index (χ0v) is 11.6. The Balaban J connectivity index is 2.25. The number of ether oxygens (including phenoxy) is 1. The van der Waals surface area contributed by atoms with Gasteiger partial charge in [-0.05, 0) is 43.5 Å². The number of nitrogen functional groups attached to an aromatic ring is 1. The molecule has 19 heavy (non-hydrogen) atoms. The number of aromatic nitrogens is 2. The summed E-state index contributed by atoms with van der Waals surface area (Å²) in [6, 6.07) is 5.74. The van der Waals surface area contributed by atoms with Gasteiger partial charge in [0.15, 0.2) is 0 Å². The standard InChI is InChI=1S/C15H19N3O/c1-4-5-12-8-15(18-9-17-12)19-14-7-10(2)13(16)6-11(14)3/h6-9H,4-5,16H2,1-3H3. The van der Waals surface area contributed by atoms with E-state index in [9.17, 15) is 0 Å². The van der Waals surface area contributed by atoms with E-state index in [0.29, 0.717) is 5.88 Å². The molecule has 1 aromatic heterocycles. The average molecular weight is 257 g/mol. The monoisotopic (exact) mass is 257 g/mol. The van der Waals surface area contributed by atoms with Gasteiger partial charge in [0.2, 0.25) is 5.88 Å². The van der Waals surface area contributed by atoms with Crippen molar-refractivity contribution < 1.29 is 4.74 Å². The Labute approximate surface area is 113 Å². The molecule has 4 heteroatoms. The van der Waals surface area contributed by atoms with Gasteiger partial charge in [0.1, 0.15) is 12.1 Å². The molecule has 0 radical (unpaired) electrons. The molecule has 0 atom stereocenters. The smallest absolute Gasteiger partial charge is 0.222 e. The molecule has 0 saturated heterocycles. The van der Waals surface area contributed by atoms with Crippen LogP contribution in [0.25, 0.3) is 0 Å². The molecule has 2 N–H and O–H groups in total. The first-order valence-corrected chi connectivity index (χ1v) is 6.45. The van der Waals surface area contributed by atoms with Gasteiger partial charge in [-0.2, -0.15) is 0 Å². The molecule has 1 aromatic carbocycles. The van der Waals surface area contributed by atoms with Crippen LogP contribution in [0.2, 0.25) is 0 Å². The second-order valence-corrected chi connectivity index (χ2v) is 4.67. The van der Waals surface area contributed by atoms with Crippen molar-refractivity contribution in [3.05, 3.63) is 41.3 Å². The highest BCUT2D eigenvalue weighted by atomic mass is 16.5. The topological polar surface area (TPSA) is 61.0 Å². The zero-order chi connectivity index (χ0) is 13.8. The third-order valence-corrected chi connectivity index (χ3v) is 2.98. The summed E-state index contributed by atoms with van der Waals surface area (Å²) in [5, 5.41) is 0. The highest BCUT2D eigenvalue weighted by Gasteiger charge is 2.06. The average Bonchev–Trinajstić information content (AvgIpc) is 2.37. The number of aryl methyl sites for hydroxylation is 3. The number of nitrogens with zero attached hydrogens (tertiary/aromatic N) is 2. The van der Waals surface area contributed by atoms with Crippen LogP contribution in [0.5, 0.6) is 11.6 Å². The molecule has 0 spiro atoms. The summed E-state index contributed by atoms with van der Waals surface area (Å²) in [7, 11) is 0. The Morgan fingerprint density at radius 2 is 1.89 bits per heavy atom. The molecule has 0 aliphatic heterocycles. The van der Waals surface area contributed by atoms with E-state index in [-0.39, 0.29) is 0 Å². The summed E-state index contributed by atoms with van der Waals surface area (Å²) in [6.45, 7) is 6.06. The highest BCUT2D eigenvalue weighted by Crippen LogP contribution is 2.28. The summed E-state index contributed by atoms with van der Waals surface area (Å²) < 4.78 is 5.83. The Hall–Kier alpha value is -2.10. The third-order valence-electron chi connectivity index (χ3n) is 2.98. The normalized spacial score (nSPS) is 10.5. The lowest BCUT2D eigenvalue weighted by molar-refractivity contribution is 0.456. The first kappa shape index (κ1) is 13.3. The minimum Gasteiger partial charge on any atom is -0.439 e. The van der Waals surface area contributed by atoms with Crippen LogP contribution in [0.1, 0.15) is 30.2 Å². The van der Waals surface area contributed by atoms with Crippen LogP contribution in [0.15, 0.2) is 24.5 Å². The summed E-state index contributed by atoms with van der Waals surface area (Å²) in [5.74, 6) is 1.36. The molecule has 0 amide bonds. The number of nitrogens with two attached hydrogens (primary N) is 1. The quantitative estimate of drug-likeness (QED) is 0.852. The Morgan fingerprint density at radius 3 is 2.63 bits per heavy atom. The predicted octanol–water partition coefficient (Wildman–Crippen LogP) is 3.42. The van der Waals surface area contributed by atoms with Crippen molar-refractivity contribution in [2.24, 2.45) is 0 Å². The molecule has 2 aromatic rings. The zero-order valence-electron chi connectivity index (χ0n) is 11.6. The number of rotatable bonds is 4. The van der Waals surface area contributed by atoms with Gasteiger partial charge in [0, 0.05) is 17.4 Å². The minimum atomic E-state index is 0.575. The third kappa shape index (κ3) is 3.22. The van der Waals surface area contributed by atoms with Crippen molar-refractivity contribution in [2.45, 2.75) is 33.6 Å². The van der Waals surface area contributed by atoms with Gasteiger partial charge in [0.25, 0.3) is 0 Å². The van der Waals surface area contributed by atoms with E-state index in [0.717, 1.165) is 41.1 Å². The molecule has 1 heterocycles. The maximum atomic E-state index is 5.87. The van der Waals surface area contributed by atoms with Crippen LogP contribution in [-0.2, 0) is 6.42 Å². The second kappa shape index (κ2) is 5.69. The lowest BCUT2D eigenvalue weighted by Gasteiger charge is -2.11. The SMILES string of the molecule is CCCc1cc(Oc2cc(C)c(N)cc2C)ncn1. The van der Waals surface area contributed by atoms with Gasteiger partial charge in [-0.3, -0.25) is 0 Å². The fourth-order valence-electron chi connectivity index (χ4n) is 1.86. The van der Waals surface area contributed by atoms with Crippen LogP contribution in [0.4, 0.5) is 5.69 Å². The molecule has 0 saturated carbocycles. The van der Waals surface area contributed by atoms with Crippen molar-refractivity contribution in [1.29, 1.82) is 0 Å². The van der Waals surface area contributed by atoms with Crippen molar-refractivity contribution in [3.8, 4) is 11.6 Å². The van der Waals surface area contributed by atoms with E-state index < -0.39 is 0 Å². The van der Waals surface area contributed by atoms with Crippen molar-refractivity contribution >= 4 is 5.69 Å². The number of hydrogen-bond acceptors (Lipinski definition) is 4. The van der Waals surface area contributed by atoms with E-state index in [4.69, 9.17) is 10.5 Å². The lowest BCUT2D eigenvalue weighted by atomic mass is 10.1. The fourth-order valence-corrected chi connectivity index (χ4v) is 1.86. The first-order chi connectivity index (χ1) is 9.10. The van der Waals surface area contributed by atoms with E-state index in [1.165, 1.54) is 0 Å². The van der Waals surface area contributed by atoms with Crippen molar-refractivity contribution in [2.75, 3.05) is 5.73 Å². The van der Waals surface area contributed by atoms with Crippen LogP contribution < -0.4 is 10.5 Å². The molecular weight excluding hydrogens is 238 g/mol. The van der Waals surface area contributed by atoms with E-state index in [1.807, 2.05) is 32.0 Å². The van der Waals surface area contributed by atoms with Crippen molar-refractivity contribution in [1.82, 2.24) is 9.97 Å². The largest absolute Gasteiger partial charge is 0.439 e. The van der Waals surface area contributed by atoms with Crippen LogP contribution in [0, 0.1) is 13.8 Å². The summed E-state index contributed by atoms with van der Waals surface area (Å²) in [4.78, 5) is 8.36. The summed E-state index contributed by atoms with van der Waals surface area (Å²) in [6.07, 6.45) is 3.52. The highest BCUT2D eigenvalue weighted by molar-refractivity contribution is 5.54. The van der Waals surface area contributed by atoms with Gasteiger partial charge in [-0.15, -0.1) is 0 Å². The first-order valence-electron chi connectivity index (χ1n) is 6.45. The van der Waals surface area contributed by atoms with E-state index >= 15 is 0 Å². The molecule has 0 aliphatic rings. The van der Waals surface area contributed by atoms with Gasteiger partial charge in [-0.1, -0.05) is 13.3 Å². The number of anilines is 1. The predicted molar refractivity (Wildman–Crippen MR) is 76.4 cm³/mol. The fraction of sp³-hybridized carbons (Fsp3) is 0.333. The second-order valence-electron chi connectivity index (χ2n) is 4.67. The molecule has 100 valence electrons. The number of benzene rings is 1. The molecule has 0 bridgehead atoms. The molecular formula is C15H19N3O. The summed E-state index contributed by atoms with van der Waals surface area (Å²) >= 11 is 0. The van der Waals surface area contributed by atoms with E-state index in [2.05, 4.69) is 16.9 Å². The molecule has 0 unspecified atom stereocenters. The molecule has 2 rings (SSSR count). The Bertz CT molecular complexity index is 582. The molecule has 0 fully saturated rings. The maximum absolute atomic E-state index is 5.87. The van der Waals surface area contributed by atoms with Gasteiger partial charge in [-0.25, -0.2) is 9.97 Å². The summed E-state index contributed by atoms with van der Waals surface area (Å²) in [5.41, 5.74) is 9.64. The maximum Gasteiger partial charge on any atom is 0.222 e. The van der Waals surface area contributed by atoms with Crippen molar-refractivity contribution in [3.63, 3.8) is 0 Å². The van der Waals surface area contributed by atoms with Gasteiger partial charge < -0.3 is 10.5 Å². The minimum absolute atomic E-state index is 0.575. The molecule has 0 aliphatic carbocycles. The Kier molecular flexibility index (Phi) is 4.00. The van der Waals surface area contributed by atoms with Crippen LogP contribution in [-0.4, -0.2) is 9.97 Å². The van der Waals surface area contributed by atoms with E-state index in [1.54, 1.807) is 6.33 Å². The van der Waals surface area contributed by atoms with Crippen LogP contribution >= 0.6 is 0 Å². The van der Waals surface area contributed by atoms with Crippen LogP contribution in [0.3, 0.4) is 0 Å². The molecule has 4 nitrogen and oxygen atoms in total.